The fraction of sp³-hybridized carbons (Fsp3) is 1.00. The topological polar surface area (TPSA) is 20.2 Å². The fourth-order valence-electron chi connectivity index (χ4n) is 3.28. The predicted molar refractivity (Wildman–Crippen MR) is 75.5 cm³/mol. The van der Waals surface area contributed by atoms with Crippen molar-refractivity contribution >= 4 is 25.3 Å². The zero-order valence-electron chi connectivity index (χ0n) is 9.89. The summed E-state index contributed by atoms with van der Waals surface area (Å²) in [6, 6.07) is 0. The molecule has 2 rings (SSSR count). The minimum absolute atomic E-state index is 0.159. The van der Waals surface area contributed by atoms with E-state index in [4.69, 9.17) is 0 Å². The molecule has 0 aromatic rings. The van der Waals surface area contributed by atoms with E-state index < -0.39 is 0 Å². The quantitative estimate of drug-likeness (QED) is 0.651. The molecule has 2 aliphatic carbocycles. The lowest BCUT2D eigenvalue weighted by Crippen LogP contribution is -2.31. The van der Waals surface area contributed by atoms with Gasteiger partial charge in [-0.15, -0.1) is 0 Å². The summed E-state index contributed by atoms with van der Waals surface area (Å²) < 4.78 is 0. The molecular weight excluding hydrogens is 236 g/mol. The second-order valence-corrected chi connectivity index (χ2v) is 7.12. The van der Waals surface area contributed by atoms with Crippen molar-refractivity contribution < 1.29 is 5.11 Å². The van der Waals surface area contributed by atoms with E-state index in [9.17, 15) is 5.11 Å². The molecule has 16 heavy (non-hydrogen) atoms. The van der Waals surface area contributed by atoms with Crippen LogP contribution in [0.1, 0.15) is 51.4 Å². The van der Waals surface area contributed by atoms with Crippen molar-refractivity contribution in [2.75, 3.05) is 0 Å². The van der Waals surface area contributed by atoms with Crippen molar-refractivity contribution in [3.63, 3.8) is 0 Å². The van der Waals surface area contributed by atoms with Gasteiger partial charge in [0.25, 0.3) is 0 Å². The third-order valence-electron chi connectivity index (χ3n) is 4.37. The van der Waals surface area contributed by atoms with Crippen molar-refractivity contribution in [2.24, 2.45) is 11.8 Å². The average Bonchev–Trinajstić information content (AvgIpc) is 2.27. The van der Waals surface area contributed by atoms with Gasteiger partial charge in [0.2, 0.25) is 0 Å². The average molecular weight is 260 g/mol. The molecule has 2 saturated carbocycles. The van der Waals surface area contributed by atoms with Crippen LogP contribution in [0.25, 0.3) is 0 Å². The smallest absolute Gasteiger partial charge is 0.0656 e. The van der Waals surface area contributed by atoms with E-state index in [0.717, 1.165) is 24.7 Å². The predicted octanol–water partition coefficient (Wildman–Crippen LogP) is 3.32. The van der Waals surface area contributed by atoms with Crippen LogP contribution in [0.3, 0.4) is 0 Å². The van der Waals surface area contributed by atoms with Gasteiger partial charge in [0, 0.05) is 10.5 Å². The first-order valence-corrected chi connectivity index (χ1v) is 7.72. The van der Waals surface area contributed by atoms with Gasteiger partial charge in [0.05, 0.1) is 6.10 Å². The maximum absolute atomic E-state index is 9.65. The Morgan fingerprint density at radius 3 is 2.12 bits per heavy atom. The number of aliphatic hydroxyl groups is 1. The van der Waals surface area contributed by atoms with Crippen molar-refractivity contribution in [2.45, 2.75) is 68.0 Å². The summed E-state index contributed by atoms with van der Waals surface area (Å²) in [7, 11) is 0. The molecule has 2 fully saturated rings. The highest BCUT2D eigenvalue weighted by molar-refractivity contribution is 7.81. The minimum Gasteiger partial charge on any atom is -0.392 e. The van der Waals surface area contributed by atoms with Crippen LogP contribution in [0.2, 0.25) is 0 Å². The molecule has 0 spiro atoms. The monoisotopic (exact) mass is 260 g/mol. The van der Waals surface area contributed by atoms with Crippen LogP contribution in [-0.4, -0.2) is 21.7 Å². The Hall–Kier alpha value is 0.660. The highest BCUT2D eigenvalue weighted by Gasteiger charge is 2.29. The van der Waals surface area contributed by atoms with Gasteiger partial charge >= 0.3 is 0 Å². The van der Waals surface area contributed by atoms with E-state index in [0.29, 0.717) is 5.25 Å². The summed E-state index contributed by atoms with van der Waals surface area (Å²) >= 11 is 9.03. The van der Waals surface area contributed by atoms with Gasteiger partial charge in [-0.3, -0.25) is 0 Å². The first-order valence-electron chi connectivity index (χ1n) is 6.69. The van der Waals surface area contributed by atoms with E-state index in [2.05, 4.69) is 25.3 Å². The van der Waals surface area contributed by atoms with Gasteiger partial charge in [-0.2, -0.15) is 25.3 Å². The second kappa shape index (κ2) is 6.01. The van der Waals surface area contributed by atoms with Crippen molar-refractivity contribution in [3.05, 3.63) is 0 Å². The zero-order valence-corrected chi connectivity index (χ0v) is 11.7. The summed E-state index contributed by atoms with van der Waals surface area (Å²) in [4.78, 5) is 0. The van der Waals surface area contributed by atoms with Crippen molar-refractivity contribution in [3.8, 4) is 0 Å². The van der Waals surface area contributed by atoms with Gasteiger partial charge in [0.1, 0.15) is 0 Å². The van der Waals surface area contributed by atoms with Crippen LogP contribution in [0.5, 0.6) is 0 Å². The number of aliphatic hydroxyl groups excluding tert-OH is 1. The van der Waals surface area contributed by atoms with Gasteiger partial charge in [-0.05, 0) is 63.2 Å². The molecular formula is C13H24OS2. The van der Waals surface area contributed by atoms with Crippen LogP contribution < -0.4 is 0 Å². The van der Waals surface area contributed by atoms with Crippen LogP contribution in [-0.2, 0) is 0 Å². The minimum atomic E-state index is -0.159. The molecule has 0 aromatic carbocycles. The Bertz CT molecular complexity index is 214. The van der Waals surface area contributed by atoms with Crippen LogP contribution in [0, 0.1) is 11.8 Å². The van der Waals surface area contributed by atoms with Gasteiger partial charge in [-0.25, -0.2) is 0 Å². The third kappa shape index (κ3) is 3.58. The molecule has 1 N–H and O–H groups in total. The van der Waals surface area contributed by atoms with E-state index in [1.807, 2.05) is 0 Å². The fourth-order valence-corrected chi connectivity index (χ4v) is 4.03. The Morgan fingerprint density at radius 1 is 0.875 bits per heavy atom. The van der Waals surface area contributed by atoms with E-state index in [1.54, 1.807) is 0 Å². The van der Waals surface area contributed by atoms with Gasteiger partial charge < -0.3 is 5.11 Å². The van der Waals surface area contributed by atoms with Crippen LogP contribution in [0.15, 0.2) is 0 Å². The number of rotatable bonds is 2. The summed E-state index contributed by atoms with van der Waals surface area (Å²) in [6.07, 6.45) is 9.82. The highest BCUT2D eigenvalue weighted by atomic mass is 32.1. The molecule has 0 amide bonds. The number of thiol groups is 2. The molecule has 3 heteroatoms. The Balaban J connectivity index is 1.73. The van der Waals surface area contributed by atoms with Gasteiger partial charge in [-0.1, -0.05) is 0 Å². The molecule has 0 radical (unpaired) electrons. The lowest BCUT2D eigenvalue weighted by atomic mass is 9.77. The van der Waals surface area contributed by atoms with E-state index in [-0.39, 0.29) is 11.4 Å². The lowest BCUT2D eigenvalue weighted by molar-refractivity contribution is 0.106. The second-order valence-electron chi connectivity index (χ2n) is 5.72. The Kier molecular flexibility index (Phi) is 4.92. The number of hydrogen-bond acceptors (Lipinski definition) is 3. The first-order chi connectivity index (χ1) is 7.65. The maximum Gasteiger partial charge on any atom is 0.0656 e. The molecule has 0 heterocycles. The maximum atomic E-state index is 9.65. The van der Waals surface area contributed by atoms with Crippen molar-refractivity contribution in [1.82, 2.24) is 0 Å². The van der Waals surface area contributed by atoms with Crippen LogP contribution >= 0.6 is 25.3 Å². The molecule has 0 aromatic heterocycles. The summed E-state index contributed by atoms with van der Waals surface area (Å²) in [6.45, 7) is 0. The largest absolute Gasteiger partial charge is 0.392 e. The zero-order chi connectivity index (χ0) is 11.5. The highest BCUT2D eigenvalue weighted by Crippen LogP contribution is 2.37. The van der Waals surface area contributed by atoms with E-state index >= 15 is 0 Å². The van der Waals surface area contributed by atoms with Crippen LogP contribution in [0.4, 0.5) is 0 Å². The standard InChI is InChI=1S/C13H24OS2/c14-12-6-3-10(8-13(12)16)7-9-1-4-11(15)5-2-9/h9-16H,1-8H2. The third-order valence-corrected chi connectivity index (χ3v) is 5.44. The molecule has 0 aliphatic heterocycles. The number of hydrogen-bond donors (Lipinski definition) is 3. The summed E-state index contributed by atoms with van der Waals surface area (Å²) in [5.41, 5.74) is 0. The van der Waals surface area contributed by atoms with Gasteiger partial charge in [0.15, 0.2) is 0 Å². The van der Waals surface area contributed by atoms with Crippen molar-refractivity contribution in [1.29, 1.82) is 0 Å². The first kappa shape index (κ1) is 13.1. The Morgan fingerprint density at radius 2 is 1.50 bits per heavy atom. The lowest BCUT2D eigenvalue weighted by Gasteiger charge is -2.34. The molecule has 0 saturated heterocycles. The normalized spacial score (nSPS) is 45.6. The summed E-state index contributed by atoms with van der Waals surface area (Å²) in [5.74, 6) is 1.73. The molecule has 1 nitrogen and oxygen atoms in total. The molecule has 3 unspecified atom stereocenters. The molecule has 94 valence electrons. The summed E-state index contributed by atoms with van der Waals surface area (Å²) in [5, 5.41) is 10.5. The van der Waals surface area contributed by atoms with E-state index in [1.165, 1.54) is 38.5 Å². The molecule has 0 bridgehead atoms. The Labute approximate surface area is 110 Å². The SMILES string of the molecule is OC1CCC(CC2CCC(S)CC2)CC1S. The molecule has 3 atom stereocenters. The molecule has 2 aliphatic rings.